The molecule has 0 fully saturated rings. The number of carboxylic acids is 1. The van der Waals surface area contributed by atoms with Crippen molar-refractivity contribution in [2.75, 3.05) is 0 Å². The minimum atomic E-state index is -0.874. The molecule has 2 rings (SSSR count). The van der Waals surface area contributed by atoms with Crippen LogP contribution >= 0.6 is 11.6 Å². The predicted molar refractivity (Wildman–Crippen MR) is 72.9 cm³/mol. The summed E-state index contributed by atoms with van der Waals surface area (Å²) in [5.41, 5.74) is 2.84. The Morgan fingerprint density at radius 3 is 2.68 bits per heavy atom. The van der Waals surface area contributed by atoms with Crippen LogP contribution in [-0.4, -0.2) is 11.1 Å². The lowest BCUT2D eigenvalue weighted by Gasteiger charge is -2.05. The summed E-state index contributed by atoms with van der Waals surface area (Å²) in [7, 11) is 0. The highest BCUT2D eigenvalue weighted by atomic mass is 35.5. The molecule has 0 aliphatic rings. The van der Waals surface area contributed by atoms with E-state index in [9.17, 15) is 4.79 Å². The molecule has 0 amide bonds. The third kappa shape index (κ3) is 3.34. The van der Waals surface area contributed by atoms with E-state index in [1.807, 2.05) is 12.1 Å². The Morgan fingerprint density at radius 2 is 2.00 bits per heavy atom. The van der Waals surface area contributed by atoms with Crippen LogP contribution in [0.25, 0.3) is 11.1 Å². The lowest BCUT2D eigenvalue weighted by Crippen LogP contribution is -1.99. The standard InChI is InChI=1S/C15H10ClNO2/c16-14-6-11(9-17)5-13(8-14)12-3-1-2-10(4-12)7-15(18)19/h1-6,8H,7H2,(H,18,19). The first-order valence-electron chi connectivity index (χ1n) is 5.60. The van der Waals surface area contributed by atoms with Crippen molar-refractivity contribution in [3.63, 3.8) is 0 Å². The number of carbonyl (C=O) groups is 1. The first-order chi connectivity index (χ1) is 9.08. The molecule has 0 saturated heterocycles. The van der Waals surface area contributed by atoms with E-state index in [4.69, 9.17) is 22.0 Å². The van der Waals surface area contributed by atoms with Crippen LogP contribution in [-0.2, 0) is 11.2 Å². The van der Waals surface area contributed by atoms with Gasteiger partial charge in [0.1, 0.15) is 0 Å². The average molecular weight is 272 g/mol. The second-order valence-electron chi connectivity index (χ2n) is 4.11. The second-order valence-corrected chi connectivity index (χ2v) is 4.55. The number of carboxylic acid groups (broad SMARTS) is 1. The monoisotopic (exact) mass is 271 g/mol. The fourth-order valence-electron chi connectivity index (χ4n) is 1.86. The van der Waals surface area contributed by atoms with Gasteiger partial charge in [-0.25, -0.2) is 0 Å². The number of nitriles is 1. The number of hydrogen-bond acceptors (Lipinski definition) is 2. The summed E-state index contributed by atoms with van der Waals surface area (Å²) >= 11 is 5.96. The Bertz CT molecular complexity index is 674. The number of rotatable bonds is 3. The maximum absolute atomic E-state index is 10.7. The van der Waals surface area contributed by atoms with E-state index in [1.165, 1.54) is 0 Å². The molecule has 0 bridgehead atoms. The van der Waals surface area contributed by atoms with Crippen molar-refractivity contribution < 1.29 is 9.90 Å². The summed E-state index contributed by atoms with van der Waals surface area (Å²) < 4.78 is 0. The van der Waals surface area contributed by atoms with E-state index < -0.39 is 5.97 Å². The highest BCUT2D eigenvalue weighted by molar-refractivity contribution is 6.31. The first-order valence-corrected chi connectivity index (χ1v) is 5.98. The largest absolute Gasteiger partial charge is 0.481 e. The lowest BCUT2D eigenvalue weighted by atomic mass is 10.0. The minimum Gasteiger partial charge on any atom is -0.481 e. The SMILES string of the molecule is N#Cc1cc(Cl)cc(-c2cccc(CC(=O)O)c2)c1. The summed E-state index contributed by atoms with van der Waals surface area (Å²) in [5.74, 6) is -0.874. The van der Waals surface area contributed by atoms with E-state index in [0.29, 0.717) is 16.1 Å². The Labute approximate surface area is 115 Å². The summed E-state index contributed by atoms with van der Waals surface area (Å²) in [6.07, 6.45) is -0.0283. The molecule has 2 aromatic rings. The lowest BCUT2D eigenvalue weighted by molar-refractivity contribution is -0.136. The van der Waals surface area contributed by atoms with Crippen LogP contribution in [0.4, 0.5) is 0 Å². The molecule has 0 aliphatic carbocycles. The minimum absolute atomic E-state index is 0.0283. The molecule has 0 spiro atoms. The number of halogens is 1. The Morgan fingerprint density at radius 1 is 1.21 bits per heavy atom. The number of nitrogens with zero attached hydrogens (tertiary/aromatic N) is 1. The van der Waals surface area contributed by atoms with Crippen molar-refractivity contribution in [2.45, 2.75) is 6.42 Å². The van der Waals surface area contributed by atoms with E-state index in [2.05, 4.69) is 0 Å². The fraction of sp³-hybridized carbons (Fsp3) is 0.0667. The maximum atomic E-state index is 10.7. The summed E-state index contributed by atoms with van der Waals surface area (Å²) in [6.45, 7) is 0. The van der Waals surface area contributed by atoms with Crippen LogP contribution in [0.15, 0.2) is 42.5 Å². The number of benzene rings is 2. The molecule has 2 aromatic carbocycles. The maximum Gasteiger partial charge on any atom is 0.307 e. The molecule has 0 aromatic heterocycles. The number of hydrogen-bond donors (Lipinski definition) is 1. The molecule has 0 radical (unpaired) electrons. The van der Waals surface area contributed by atoms with Crippen LogP contribution < -0.4 is 0 Å². The molecule has 94 valence electrons. The average Bonchev–Trinajstić information content (AvgIpc) is 2.37. The van der Waals surface area contributed by atoms with Crippen LogP contribution in [0.1, 0.15) is 11.1 Å². The van der Waals surface area contributed by atoms with Crippen LogP contribution in [0.5, 0.6) is 0 Å². The van der Waals surface area contributed by atoms with Gasteiger partial charge in [-0.2, -0.15) is 5.26 Å². The summed E-state index contributed by atoms with van der Waals surface area (Å²) in [4.78, 5) is 10.7. The third-order valence-electron chi connectivity index (χ3n) is 2.64. The van der Waals surface area contributed by atoms with Gasteiger partial charge < -0.3 is 5.11 Å². The van der Waals surface area contributed by atoms with E-state index in [0.717, 1.165) is 11.1 Å². The molecule has 0 aliphatic heterocycles. The van der Waals surface area contributed by atoms with Gasteiger partial charge in [0.25, 0.3) is 0 Å². The molecular formula is C15H10ClNO2. The van der Waals surface area contributed by atoms with Gasteiger partial charge in [-0.05, 0) is 34.9 Å². The fourth-order valence-corrected chi connectivity index (χ4v) is 2.09. The summed E-state index contributed by atoms with van der Waals surface area (Å²) in [5, 5.41) is 18.2. The first kappa shape index (κ1) is 13.1. The van der Waals surface area contributed by atoms with Gasteiger partial charge >= 0.3 is 5.97 Å². The van der Waals surface area contributed by atoms with E-state index in [1.54, 1.807) is 36.4 Å². The van der Waals surface area contributed by atoms with Gasteiger partial charge in [-0.1, -0.05) is 35.9 Å². The zero-order chi connectivity index (χ0) is 13.8. The molecule has 3 nitrogen and oxygen atoms in total. The van der Waals surface area contributed by atoms with Crippen molar-refractivity contribution >= 4 is 17.6 Å². The molecule has 19 heavy (non-hydrogen) atoms. The normalized spacial score (nSPS) is 9.89. The highest BCUT2D eigenvalue weighted by Crippen LogP contribution is 2.25. The Kier molecular flexibility index (Phi) is 3.84. The van der Waals surface area contributed by atoms with Crippen molar-refractivity contribution in [3.8, 4) is 17.2 Å². The van der Waals surface area contributed by atoms with Crippen molar-refractivity contribution in [1.29, 1.82) is 5.26 Å². The molecule has 4 heteroatoms. The highest BCUT2D eigenvalue weighted by Gasteiger charge is 2.05. The van der Waals surface area contributed by atoms with Crippen LogP contribution in [0.2, 0.25) is 5.02 Å². The third-order valence-corrected chi connectivity index (χ3v) is 2.86. The van der Waals surface area contributed by atoms with Gasteiger partial charge in [0, 0.05) is 5.02 Å². The van der Waals surface area contributed by atoms with Crippen LogP contribution in [0.3, 0.4) is 0 Å². The van der Waals surface area contributed by atoms with Crippen molar-refractivity contribution in [1.82, 2.24) is 0 Å². The van der Waals surface area contributed by atoms with Crippen LogP contribution in [0, 0.1) is 11.3 Å². The van der Waals surface area contributed by atoms with Gasteiger partial charge in [0.2, 0.25) is 0 Å². The molecule has 0 unspecified atom stereocenters. The zero-order valence-corrected chi connectivity index (χ0v) is 10.7. The Hall–Kier alpha value is -2.31. The molecule has 0 heterocycles. The smallest absolute Gasteiger partial charge is 0.307 e. The van der Waals surface area contributed by atoms with Gasteiger partial charge in [-0.15, -0.1) is 0 Å². The van der Waals surface area contributed by atoms with Gasteiger partial charge in [-0.3, -0.25) is 4.79 Å². The quantitative estimate of drug-likeness (QED) is 0.929. The Balaban J connectivity index is 2.44. The molecule has 1 N–H and O–H groups in total. The molecule has 0 atom stereocenters. The van der Waals surface area contributed by atoms with Crippen molar-refractivity contribution in [2.24, 2.45) is 0 Å². The van der Waals surface area contributed by atoms with Crippen molar-refractivity contribution in [3.05, 3.63) is 58.6 Å². The second kappa shape index (κ2) is 5.55. The molecular weight excluding hydrogens is 262 g/mol. The predicted octanol–water partition coefficient (Wildman–Crippen LogP) is 3.51. The van der Waals surface area contributed by atoms with E-state index >= 15 is 0 Å². The zero-order valence-electron chi connectivity index (χ0n) is 9.93. The number of aliphatic carboxylic acids is 1. The van der Waals surface area contributed by atoms with Gasteiger partial charge in [0.15, 0.2) is 0 Å². The topological polar surface area (TPSA) is 61.1 Å². The molecule has 0 saturated carbocycles. The van der Waals surface area contributed by atoms with E-state index in [-0.39, 0.29) is 6.42 Å². The summed E-state index contributed by atoms with van der Waals surface area (Å²) in [6, 6.07) is 14.3. The van der Waals surface area contributed by atoms with Gasteiger partial charge in [0.05, 0.1) is 18.1 Å².